The van der Waals surface area contributed by atoms with Crippen LogP contribution in [0.15, 0.2) is 35.2 Å². The van der Waals surface area contributed by atoms with Crippen LogP contribution in [-0.2, 0) is 6.61 Å². The van der Waals surface area contributed by atoms with Gasteiger partial charge in [-0.15, -0.1) is 11.3 Å². The second-order valence-electron chi connectivity index (χ2n) is 7.43. The van der Waals surface area contributed by atoms with E-state index in [1.165, 1.54) is 25.9 Å². The van der Waals surface area contributed by atoms with Gasteiger partial charge in [-0.3, -0.25) is 0 Å². The van der Waals surface area contributed by atoms with Crippen LogP contribution in [0.4, 0.5) is 10.5 Å². The summed E-state index contributed by atoms with van der Waals surface area (Å²) in [4.78, 5) is 18.8. The van der Waals surface area contributed by atoms with Gasteiger partial charge in [0.1, 0.15) is 12.4 Å². The third-order valence-electron chi connectivity index (χ3n) is 4.89. The van der Waals surface area contributed by atoms with E-state index < -0.39 is 0 Å². The number of benzene rings is 1. The number of likely N-dealkylation sites (tertiary alicyclic amines) is 1. The Kier molecular flexibility index (Phi) is 8.11. The standard InChI is InChI=1S/C21H30N4O2S/c1-17-6-5-11-25(13-17)10-3-2-9-22-21(26)24-18-7-4-8-20(12-18)27-14-19-15-28-16-23-19/h4,7-8,12,15-17H,2-3,5-6,9-11,13-14H2,1H3,(H2,22,24,26). The Bertz CT molecular complexity index is 723. The van der Waals surface area contributed by atoms with Crippen molar-refractivity contribution in [1.29, 1.82) is 0 Å². The molecular formula is C21H30N4O2S. The molecule has 152 valence electrons. The second-order valence-corrected chi connectivity index (χ2v) is 8.15. The summed E-state index contributed by atoms with van der Waals surface area (Å²) in [6.45, 7) is 7.02. The second kappa shape index (κ2) is 11.0. The average Bonchev–Trinajstić information content (AvgIpc) is 3.20. The van der Waals surface area contributed by atoms with Gasteiger partial charge >= 0.3 is 6.03 Å². The fraction of sp³-hybridized carbons (Fsp3) is 0.524. The SMILES string of the molecule is CC1CCCN(CCCCNC(=O)Nc2cccc(OCc3cscn3)c2)C1. The number of hydrogen-bond acceptors (Lipinski definition) is 5. The van der Waals surface area contributed by atoms with Crippen LogP contribution in [0.1, 0.15) is 38.3 Å². The summed E-state index contributed by atoms with van der Waals surface area (Å²) >= 11 is 1.55. The molecule has 1 fully saturated rings. The van der Waals surface area contributed by atoms with Gasteiger partial charge in [0.15, 0.2) is 0 Å². The molecule has 0 aliphatic carbocycles. The Morgan fingerprint density at radius 2 is 2.32 bits per heavy atom. The van der Waals surface area contributed by atoms with Crippen LogP contribution >= 0.6 is 11.3 Å². The number of ether oxygens (including phenoxy) is 1. The number of amides is 2. The van der Waals surface area contributed by atoms with Gasteiger partial charge in [-0.1, -0.05) is 13.0 Å². The molecule has 1 aliphatic rings. The maximum absolute atomic E-state index is 12.1. The minimum absolute atomic E-state index is 0.178. The summed E-state index contributed by atoms with van der Waals surface area (Å²) in [7, 11) is 0. The van der Waals surface area contributed by atoms with Crippen LogP contribution in [0.3, 0.4) is 0 Å². The van der Waals surface area contributed by atoms with Gasteiger partial charge < -0.3 is 20.3 Å². The lowest BCUT2D eigenvalue weighted by Crippen LogP contribution is -2.35. The summed E-state index contributed by atoms with van der Waals surface area (Å²) in [5, 5.41) is 7.76. The van der Waals surface area contributed by atoms with Crippen LogP contribution in [0, 0.1) is 5.92 Å². The molecule has 1 unspecified atom stereocenters. The molecular weight excluding hydrogens is 372 g/mol. The molecule has 0 radical (unpaired) electrons. The predicted octanol–water partition coefficient (Wildman–Crippen LogP) is 4.36. The van der Waals surface area contributed by atoms with E-state index in [-0.39, 0.29) is 6.03 Å². The summed E-state index contributed by atoms with van der Waals surface area (Å²) in [6, 6.07) is 7.24. The van der Waals surface area contributed by atoms with Crippen molar-refractivity contribution in [3.63, 3.8) is 0 Å². The van der Waals surface area contributed by atoms with Gasteiger partial charge in [0.05, 0.1) is 11.2 Å². The Balaban J connectivity index is 1.31. The molecule has 1 aromatic heterocycles. The van der Waals surface area contributed by atoms with Crippen molar-refractivity contribution < 1.29 is 9.53 Å². The molecule has 1 aromatic carbocycles. The maximum Gasteiger partial charge on any atom is 0.319 e. The van der Waals surface area contributed by atoms with Crippen molar-refractivity contribution in [3.05, 3.63) is 40.8 Å². The number of nitrogens with zero attached hydrogens (tertiary/aromatic N) is 2. The molecule has 2 amide bonds. The highest BCUT2D eigenvalue weighted by atomic mass is 32.1. The van der Waals surface area contributed by atoms with E-state index in [2.05, 4.69) is 27.4 Å². The quantitative estimate of drug-likeness (QED) is 0.612. The summed E-state index contributed by atoms with van der Waals surface area (Å²) in [5.74, 6) is 1.53. The molecule has 3 rings (SSSR count). The number of anilines is 1. The minimum atomic E-state index is -0.178. The third kappa shape index (κ3) is 7.13. The number of urea groups is 1. The molecule has 1 aliphatic heterocycles. The number of thiazole rings is 1. The van der Waals surface area contributed by atoms with Crippen molar-refractivity contribution >= 4 is 23.1 Å². The third-order valence-corrected chi connectivity index (χ3v) is 5.53. The Hall–Kier alpha value is -2.12. The Morgan fingerprint density at radius 1 is 1.39 bits per heavy atom. The van der Waals surface area contributed by atoms with E-state index in [0.29, 0.717) is 18.9 Å². The Labute approximate surface area is 171 Å². The normalized spacial score (nSPS) is 17.2. The van der Waals surface area contributed by atoms with Gasteiger partial charge in [0.2, 0.25) is 0 Å². The molecule has 0 spiro atoms. The Morgan fingerprint density at radius 3 is 3.14 bits per heavy atom. The largest absolute Gasteiger partial charge is 0.487 e. The molecule has 0 bridgehead atoms. The fourth-order valence-electron chi connectivity index (χ4n) is 3.46. The number of carbonyl (C=O) groups excluding carboxylic acids is 1. The number of piperidine rings is 1. The topological polar surface area (TPSA) is 66.5 Å². The van der Waals surface area contributed by atoms with Gasteiger partial charge in [-0.2, -0.15) is 0 Å². The zero-order valence-corrected chi connectivity index (χ0v) is 17.3. The van der Waals surface area contributed by atoms with Crippen LogP contribution in [-0.4, -0.2) is 42.1 Å². The van der Waals surface area contributed by atoms with Gasteiger partial charge in [-0.25, -0.2) is 9.78 Å². The van der Waals surface area contributed by atoms with E-state index in [4.69, 9.17) is 4.74 Å². The smallest absolute Gasteiger partial charge is 0.319 e. The molecule has 28 heavy (non-hydrogen) atoms. The maximum atomic E-state index is 12.1. The molecule has 7 heteroatoms. The highest BCUT2D eigenvalue weighted by Gasteiger charge is 2.15. The first kappa shape index (κ1) is 20.6. The summed E-state index contributed by atoms with van der Waals surface area (Å²) in [5.41, 5.74) is 3.41. The van der Waals surface area contributed by atoms with Crippen molar-refractivity contribution in [2.24, 2.45) is 5.92 Å². The zero-order chi connectivity index (χ0) is 19.6. The fourth-order valence-corrected chi connectivity index (χ4v) is 4.00. The van der Waals surface area contributed by atoms with Crippen molar-refractivity contribution in [2.75, 3.05) is 31.5 Å². The molecule has 2 N–H and O–H groups in total. The van der Waals surface area contributed by atoms with Gasteiger partial charge in [-0.05, 0) is 56.8 Å². The average molecular weight is 403 g/mol. The number of unbranched alkanes of at least 4 members (excludes halogenated alkanes) is 1. The highest BCUT2D eigenvalue weighted by Crippen LogP contribution is 2.19. The monoisotopic (exact) mass is 402 g/mol. The molecule has 0 saturated carbocycles. The first-order valence-electron chi connectivity index (χ1n) is 10.1. The van der Waals surface area contributed by atoms with Gasteiger partial charge in [0.25, 0.3) is 0 Å². The molecule has 1 atom stereocenters. The number of nitrogens with one attached hydrogen (secondary N) is 2. The number of rotatable bonds is 9. The van der Waals surface area contributed by atoms with E-state index >= 15 is 0 Å². The summed E-state index contributed by atoms with van der Waals surface area (Å²) in [6.07, 6.45) is 4.78. The van der Waals surface area contributed by atoms with E-state index in [0.717, 1.165) is 36.7 Å². The number of hydrogen-bond donors (Lipinski definition) is 2. The van der Waals surface area contributed by atoms with Crippen molar-refractivity contribution in [2.45, 2.75) is 39.2 Å². The lowest BCUT2D eigenvalue weighted by molar-refractivity contribution is 0.181. The molecule has 1 saturated heterocycles. The van der Waals surface area contributed by atoms with Crippen LogP contribution in [0.25, 0.3) is 0 Å². The van der Waals surface area contributed by atoms with E-state index in [1.807, 2.05) is 29.6 Å². The predicted molar refractivity (Wildman–Crippen MR) is 114 cm³/mol. The first-order chi connectivity index (χ1) is 13.7. The van der Waals surface area contributed by atoms with Crippen molar-refractivity contribution in [1.82, 2.24) is 15.2 Å². The van der Waals surface area contributed by atoms with Crippen LogP contribution in [0.5, 0.6) is 5.75 Å². The number of carbonyl (C=O) groups is 1. The first-order valence-corrected chi connectivity index (χ1v) is 11.0. The van der Waals surface area contributed by atoms with Crippen molar-refractivity contribution in [3.8, 4) is 5.75 Å². The number of aromatic nitrogens is 1. The molecule has 6 nitrogen and oxygen atoms in total. The zero-order valence-electron chi connectivity index (χ0n) is 16.5. The van der Waals surface area contributed by atoms with Gasteiger partial charge in [0, 0.05) is 30.2 Å². The van der Waals surface area contributed by atoms with Crippen LogP contribution < -0.4 is 15.4 Å². The van der Waals surface area contributed by atoms with E-state index in [9.17, 15) is 4.79 Å². The van der Waals surface area contributed by atoms with E-state index in [1.54, 1.807) is 16.8 Å². The van der Waals surface area contributed by atoms with Crippen LogP contribution in [0.2, 0.25) is 0 Å². The molecule has 2 aromatic rings. The minimum Gasteiger partial charge on any atom is -0.487 e. The lowest BCUT2D eigenvalue weighted by atomic mass is 10.0. The summed E-state index contributed by atoms with van der Waals surface area (Å²) < 4.78 is 5.72. The lowest BCUT2D eigenvalue weighted by Gasteiger charge is -2.30. The highest BCUT2D eigenvalue weighted by molar-refractivity contribution is 7.07. The molecule has 2 heterocycles.